The summed E-state index contributed by atoms with van der Waals surface area (Å²) in [5.74, 6) is -0.666. The molecule has 2 aromatic rings. The largest absolute Gasteiger partial charge is 0.475 e. The first-order valence-corrected chi connectivity index (χ1v) is 6.42. The maximum absolute atomic E-state index is 11.2. The second-order valence-corrected chi connectivity index (χ2v) is 4.66. The Morgan fingerprint density at radius 1 is 1.35 bits per heavy atom. The van der Waals surface area contributed by atoms with E-state index in [0.717, 1.165) is 11.0 Å². The number of rotatable bonds is 5. The molecule has 0 bridgehead atoms. The van der Waals surface area contributed by atoms with Crippen LogP contribution in [0.3, 0.4) is 0 Å². The highest BCUT2D eigenvalue weighted by Gasteiger charge is 2.16. The highest BCUT2D eigenvalue weighted by Crippen LogP contribution is 2.24. The molecular formula is C15H17N3O2. The zero-order chi connectivity index (χ0) is 14.7. The maximum Gasteiger partial charge on any atom is 0.374 e. The Morgan fingerprint density at radius 2 is 2.05 bits per heavy atom. The third-order valence-corrected chi connectivity index (χ3v) is 2.92. The number of para-hydroxylation sites is 1. The van der Waals surface area contributed by atoms with Crippen LogP contribution in [0.15, 0.2) is 36.4 Å². The van der Waals surface area contributed by atoms with Gasteiger partial charge in [-0.1, -0.05) is 24.3 Å². The quantitative estimate of drug-likeness (QED) is 0.847. The molecule has 1 aromatic carbocycles. The minimum Gasteiger partial charge on any atom is -0.475 e. The number of carboxylic acids is 1. The summed E-state index contributed by atoms with van der Waals surface area (Å²) < 4.78 is 0. The van der Waals surface area contributed by atoms with Crippen LogP contribution in [0.5, 0.6) is 0 Å². The van der Waals surface area contributed by atoms with Crippen molar-refractivity contribution in [2.45, 2.75) is 13.8 Å². The minimum atomic E-state index is -1.12. The van der Waals surface area contributed by atoms with E-state index in [0.29, 0.717) is 24.4 Å². The molecule has 5 nitrogen and oxygen atoms in total. The lowest BCUT2D eigenvalue weighted by Crippen LogP contribution is -2.26. The van der Waals surface area contributed by atoms with Gasteiger partial charge in [-0.05, 0) is 26.0 Å². The number of carbonyl (C=O) groups is 1. The van der Waals surface area contributed by atoms with Gasteiger partial charge in [0.15, 0.2) is 0 Å². The summed E-state index contributed by atoms with van der Waals surface area (Å²) in [7, 11) is 0. The molecule has 0 unspecified atom stereocenters. The first kappa shape index (κ1) is 14.0. The number of hydrogen-bond acceptors (Lipinski definition) is 4. The number of aromatic nitrogens is 2. The molecule has 2 rings (SSSR count). The first-order chi connectivity index (χ1) is 9.52. The molecule has 0 atom stereocenters. The van der Waals surface area contributed by atoms with Crippen molar-refractivity contribution in [2.75, 3.05) is 18.0 Å². The number of benzene rings is 1. The first-order valence-electron chi connectivity index (χ1n) is 6.42. The topological polar surface area (TPSA) is 66.3 Å². The Labute approximate surface area is 117 Å². The van der Waals surface area contributed by atoms with Crippen molar-refractivity contribution in [2.24, 2.45) is 0 Å². The van der Waals surface area contributed by atoms with Crippen LogP contribution < -0.4 is 4.90 Å². The number of carboxylic acid groups (broad SMARTS) is 1. The molecule has 1 aromatic heterocycles. The third-order valence-electron chi connectivity index (χ3n) is 2.92. The molecule has 0 saturated carbocycles. The van der Waals surface area contributed by atoms with Crippen LogP contribution in [0.25, 0.3) is 10.9 Å². The van der Waals surface area contributed by atoms with Gasteiger partial charge in [-0.15, -0.1) is 0 Å². The summed E-state index contributed by atoms with van der Waals surface area (Å²) in [6.45, 7) is 9.19. The smallest absolute Gasteiger partial charge is 0.374 e. The summed E-state index contributed by atoms with van der Waals surface area (Å²) in [5.41, 5.74) is 1.63. The summed E-state index contributed by atoms with van der Waals surface area (Å²) in [4.78, 5) is 21.4. The monoisotopic (exact) mass is 271 g/mol. The molecule has 5 heteroatoms. The van der Waals surface area contributed by atoms with E-state index < -0.39 is 5.97 Å². The zero-order valence-corrected chi connectivity index (χ0v) is 11.6. The molecule has 0 radical (unpaired) electrons. The van der Waals surface area contributed by atoms with Crippen molar-refractivity contribution in [3.63, 3.8) is 0 Å². The van der Waals surface area contributed by atoms with Crippen LogP contribution in [0.1, 0.15) is 24.5 Å². The SMILES string of the molecule is C=C(C)CN(CC)c1nc(C(=O)O)nc2ccccc12. The Hall–Kier alpha value is -2.43. The van der Waals surface area contributed by atoms with Crippen LogP contribution in [0.4, 0.5) is 5.82 Å². The predicted octanol–water partition coefficient (Wildman–Crippen LogP) is 2.73. The van der Waals surface area contributed by atoms with Gasteiger partial charge < -0.3 is 10.0 Å². The van der Waals surface area contributed by atoms with Gasteiger partial charge in [0.2, 0.25) is 5.82 Å². The van der Waals surface area contributed by atoms with Gasteiger partial charge in [-0.25, -0.2) is 14.8 Å². The molecule has 0 spiro atoms. The van der Waals surface area contributed by atoms with E-state index in [1.54, 1.807) is 6.07 Å². The van der Waals surface area contributed by atoms with Crippen molar-refractivity contribution < 1.29 is 9.90 Å². The van der Waals surface area contributed by atoms with E-state index in [1.165, 1.54) is 0 Å². The molecular weight excluding hydrogens is 254 g/mol. The summed E-state index contributed by atoms with van der Waals surface area (Å²) >= 11 is 0. The molecule has 0 saturated heterocycles. The van der Waals surface area contributed by atoms with Crippen molar-refractivity contribution in [1.29, 1.82) is 0 Å². The Kier molecular flexibility index (Phi) is 3.98. The zero-order valence-electron chi connectivity index (χ0n) is 11.6. The standard InChI is InChI=1S/C15H17N3O2/c1-4-18(9-10(2)3)14-11-7-5-6-8-12(11)16-13(17-14)15(19)20/h5-8H,2,4,9H2,1,3H3,(H,19,20). The van der Waals surface area contributed by atoms with Crippen LogP contribution in [-0.2, 0) is 0 Å². The fraction of sp³-hybridized carbons (Fsp3) is 0.267. The average Bonchev–Trinajstić information content (AvgIpc) is 2.43. The molecule has 20 heavy (non-hydrogen) atoms. The van der Waals surface area contributed by atoms with Gasteiger partial charge in [-0.3, -0.25) is 0 Å². The van der Waals surface area contributed by atoms with Gasteiger partial charge in [-0.2, -0.15) is 0 Å². The van der Waals surface area contributed by atoms with Crippen LogP contribution in [-0.4, -0.2) is 34.1 Å². The normalized spacial score (nSPS) is 10.5. The maximum atomic E-state index is 11.2. The second-order valence-electron chi connectivity index (χ2n) is 4.66. The van der Waals surface area contributed by atoms with Gasteiger partial charge in [0, 0.05) is 18.5 Å². The van der Waals surface area contributed by atoms with Crippen LogP contribution in [0.2, 0.25) is 0 Å². The van der Waals surface area contributed by atoms with Crippen molar-refractivity contribution in [1.82, 2.24) is 9.97 Å². The fourth-order valence-electron chi connectivity index (χ4n) is 2.06. The number of fused-ring (bicyclic) bond motifs is 1. The highest BCUT2D eigenvalue weighted by molar-refractivity contribution is 5.93. The Bertz CT molecular complexity index is 667. The molecule has 0 aliphatic heterocycles. The van der Waals surface area contributed by atoms with Crippen molar-refractivity contribution in [3.05, 3.63) is 42.2 Å². The van der Waals surface area contributed by atoms with E-state index in [1.807, 2.05) is 36.9 Å². The predicted molar refractivity (Wildman–Crippen MR) is 79.2 cm³/mol. The third kappa shape index (κ3) is 2.77. The Morgan fingerprint density at radius 3 is 2.65 bits per heavy atom. The molecule has 0 fully saturated rings. The number of hydrogen-bond donors (Lipinski definition) is 1. The van der Waals surface area contributed by atoms with Crippen molar-refractivity contribution in [3.8, 4) is 0 Å². The molecule has 0 amide bonds. The van der Waals surface area contributed by atoms with Gasteiger partial charge in [0.1, 0.15) is 5.82 Å². The van der Waals surface area contributed by atoms with E-state index >= 15 is 0 Å². The van der Waals surface area contributed by atoms with E-state index in [4.69, 9.17) is 5.11 Å². The number of likely N-dealkylation sites (N-methyl/N-ethyl adjacent to an activating group) is 1. The molecule has 1 heterocycles. The lowest BCUT2D eigenvalue weighted by Gasteiger charge is -2.23. The average molecular weight is 271 g/mol. The number of nitrogens with zero attached hydrogens (tertiary/aromatic N) is 3. The van der Waals surface area contributed by atoms with E-state index in [9.17, 15) is 4.79 Å². The van der Waals surface area contributed by atoms with Gasteiger partial charge >= 0.3 is 5.97 Å². The van der Waals surface area contributed by atoms with E-state index in [2.05, 4.69) is 16.5 Å². The lowest BCUT2D eigenvalue weighted by atomic mass is 10.2. The summed E-state index contributed by atoms with van der Waals surface area (Å²) in [6.07, 6.45) is 0. The van der Waals surface area contributed by atoms with Crippen molar-refractivity contribution >= 4 is 22.7 Å². The number of aromatic carboxylic acids is 1. The van der Waals surface area contributed by atoms with E-state index in [-0.39, 0.29) is 5.82 Å². The minimum absolute atomic E-state index is 0.182. The lowest BCUT2D eigenvalue weighted by molar-refractivity contribution is 0.0684. The summed E-state index contributed by atoms with van der Waals surface area (Å²) in [6, 6.07) is 7.42. The highest BCUT2D eigenvalue weighted by atomic mass is 16.4. The molecule has 0 aliphatic carbocycles. The Balaban J connectivity index is 2.64. The fourth-order valence-corrected chi connectivity index (χ4v) is 2.06. The number of anilines is 1. The van der Waals surface area contributed by atoms with Crippen LogP contribution >= 0.6 is 0 Å². The second kappa shape index (κ2) is 5.69. The van der Waals surface area contributed by atoms with Crippen LogP contribution in [0, 0.1) is 0 Å². The van der Waals surface area contributed by atoms with Gasteiger partial charge in [0.05, 0.1) is 5.52 Å². The molecule has 104 valence electrons. The molecule has 0 aliphatic rings. The molecule has 1 N–H and O–H groups in total. The summed E-state index contributed by atoms with van der Waals surface area (Å²) in [5, 5.41) is 9.99. The van der Waals surface area contributed by atoms with Gasteiger partial charge in [0.25, 0.3) is 0 Å².